The van der Waals surface area contributed by atoms with Crippen molar-refractivity contribution in [2.24, 2.45) is 14.1 Å². The molecule has 0 aliphatic carbocycles. The summed E-state index contributed by atoms with van der Waals surface area (Å²) in [5.74, 6) is 1.48. The second-order valence-corrected chi connectivity index (χ2v) is 7.81. The molecule has 1 fully saturated rings. The van der Waals surface area contributed by atoms with Gasteiger partial charge in [-0.05, 0) is 45.4 Å². The number of fused-ring (bicyclic) bond motifs is 1. The minimum atomic E-state index is 0.0184. The fourth-order valence-corrected chi connectivity index (χ4v) is 4.28. The second-order valence-electron chi connectivity index (χ2n) is 7.81. The molecule has 0 saturated carbocycles. The minimum Gasteiger partial charge on any atom is -0.331 e. The van der Waals surface area contributed by atoms with Crippen LogP contribution < -0.4 is 5.32 Å². The topological polar surface area (TPSA) is 68.0 Å². The number of nitrogens with zero attached hydrogens (tertiary/aromatic N) is 5. The van der Waals surface area contributed by atoms with Gasteiger partial charge < -0.3 is 9.88 Å². The van der Waals surface area contributed by atoms with E-state index in [1.165, 1.54) is 0 Å². The molecule has 1 aliphatic rings. The van der Waals surface area contributed by atoms with Gasteiger partial charge in [0, 0.05) is 26.6 Å². The summed E-state index contributed by atoms with van der Waals surface area (Å²) in [5, 5.41) is 7.42. The van der Waals surface area contributed by atoms with Crippen LogP contribution in [0, 0.1) is 13.8 Å². The fraction of sp³-hybridized carbons (Fsp3) is 0.476. The highest BCUT2D eigenvalue weighted by Gasteiger charge is 2.26. The van der Waals surface area contributed by atoms with E-state index >= 15 is 0 Å². The summed E-state index contributed by atoms with van der Waals surface area (Å²) in [6, 6.07) is 8.25. The fourth-order valence-electron chi connectivity index (χ4n) is 4.28. The number of benzene rings is 1. The van der Waals surface area contributed by atoms with Crippen LogP contribution in [0.2, 0.25) is 0 Å². The molecule has 0 spiro atoms. The van der Waals surface area contributed by atoms with Crippen molar-refractivity contribution in [3.05, 3.63) is 41.5 Å². The summed E-state index contributed by atoms with van der Waals surface area (Å²) in [7, 11) is 3.98. The molecule has 7 heteroatoms. The molecule has 0 radical (unpaired) electrons. The van der Waals surface area contributed by atoms with Crippen LogP contribution in [0.5, 0.6) is 0 Å². The van der Waals surface area contributed by atoms with E-state index in [1.807, 2.05) is 33.0 Å². The van der Waals surface area contributed by atoms with Gasteiger partial charge in [0.05, 0.1) is 34.7 Å². The Kier molecular flexibility index (Phi) is 4.93. The Bertz CT molecular complexity index is 1020. The normalized spacial score (nSPS) is 17.9. The Hall–Kier alpha value is -2.67. The Labute approximate surface area is 165 Å². The summed E-state index contributed by atoms with van der Waals surface area (Å²) in [5.41, 5.74) is 4.86. The maximum Gasteiger partial charge on any atom is 0.238 e. The molecule has 0 bridgehead atoms. The van der Waals surface area contributed by atoms with Crippen LogP contribution in [-0.2, 0) is 18.9 Å². The average molecular weight is 380 g/mol. The van der Waals surface area contributed by atoms with Crippen LogP contribution in [0.1, 0.15) is 36.0 Å². The van der Waals surface area contributed by atoms with E-state index < -0.39 is 0 Å². The molecular weight excluding hydrogens is 352 g/mol. The molecule has 0 unspecified atom stereocenters. The molecule has 4 rings (SSSR count). The molecule has 1 atom stereocenters. The largest absolute Gasteiger partial charge is 0.331 e. The van der Waals surface area contributed by atoms with Gasteiger partial charge in [0.15, 0.2) is 0 Å². The molecule has 7 nitrogen and oxygen atoms in total. The average Bonchev–Trinajstić information content (AvgIpc) is 3.13. The number of rotatable bonds is 4. The third-order valence-electron chi connectivity index (χ3n) is 5.83. The molecule has 3 aromatic rings. The van der Waals surface area contributed by atoms with Crippen molar-refractivity contribution in [1.29, 1.82) is 0 Å². The summed E-state index contributed by atoms with van der Waals surface area (Å²) in [6.45, 7) is 6.09. The van der Waals surface area contributed by atoms with Crippen LogP contribution >= 0.6 is 0 Å². The lowest BCUT2D eigenvalue weighted by Crippen LogP contribution is -2.40. The maximum atomic E-state index is 12.6. The number of hydrogen-bond donors (Lipinski definition) is 1. The summed E-state index contributed by atoms with van der Waals surface area (Å²) < 4.78 is 4.00. The van der Waals surface area contributed by atoms with Gasteiger partial charge in [-0.2, -0.15) is 5.10 Å². The molecule has 1 saturated heterocycles. The Morgan fingerprint density at radius 1 is 1.25 bits per heavy atom. The van der Waals surface area contributed by atoms with Gasteiger partial charge in [0.2, 0.25) is 5.91 Å². The highest BCUT2D eigenvalue weighted by molar-refractivity contribution is 5.93. The minimum absolute atomic E-state index is 0.0184. The van der Waals surface area contributed by atoms with E-state index in [-0.39, 0.29) is 5.91 Å². The second kappa shape index (κ2) is 7.39. The van der Waals surface area contributed by atoms with Crippen molar-refractivity contribution in [2.75, 3.05) is 25.0 Å². The lowest BCUT2D eigenvalue weighted by atomic mass is 9.97. The van der Waals surface area contributed by atoms with Crippen LogP contribution in [-0.4, -0.2) is 49.8 Å². The first-order valence-corrected chi connectivity index (χ1v) is 9.87. The van der Waals surface area contributed by atoms with Crippen molar-refractivity contribution in [2.45, 2.75) is 32.6 Å². The highest BCUT2D eigenvalue weighted by atomic mass is 16.2. The molecule has 148 valence electrons. The van der Waals surface area contributed by atoms with E-state index in [0.717, 1.165) is 59.9 Å². The number of nitrogens with one attached hydrogen (secondary N) is 1. The Balaban J connectivity index is 1.45. The van der Waals surface area contributed by atoms with E-state index in [1.54, 1.807) is 4.68 Å². The number of aryl methyl sites for hydroxylation is 3. The number of aromatic nitrogens is 4. The molecule has 1 aromatic carbocycles. The molecule has 2 aromatic heterocycles. The zero-order valence-corrected chi connectivity index (χ0v) is 17.1. The van der Waals surface area contributed by atoms with Gasteiger partial charge in [-0.15, -0.1) is 0 Å². The van der Waals surface area contributed by atoms with Crippen LogP contribution in [0.15, 0.2) is 24.3 Å². The van der Waals surface area contributed by atoms with Crippen LogP contribution in [0.25, 0.3) is 11.0 Å². The number of piperidine rings is 1. The molecular formula is C21H28N6O. The van der Waals surface area contributed by atoms with Gasteiger partial charge in [-0.25, -0.2) is 4.98 Å². The van der Waals surface area contributed by atoms with Crippen LogP contribution in [0.3, 0.4) is 0 Å². The summed E-state index contributed by atoms with van der Waals surface area (Å²) in [6.07, 6.45) is 2.18. The zero-order chi connectivity index (χ0) is 19.8. The Morgan fingerprint density at radius 3 is 2.75 bits per heavy atom. The number of carbonyl (C=O) groups is 1. The number of hydrogen-bond acceptors (Lipinski definition) is 4. The third kappa shape index (κ3) is 3.42. The maximum absolute atomic E-state index is 12.6. The number of carbonyl (C=O) groups excluding carboxylic acids is 1. The first-order valence-electron chi connectivity index (χ1n) is 9.87. The number of imidazole rings is 1. The molecule has 1 N–H and O–H groups in total. The van der Waals surface area contributed by atoms with E-state index in [9.17, 15) is 4.79 Å². The van der Waals surface area contributed by atoms with E-state index in [2.05, 4.69) is 39.1 Å². The first kappa shape index (κ1) is 18.7. The lowest BCUT2D eigenvalue weighted by Gasteiger charge is -2.31. The van der Waals surface area contributed by atoms with Gasteiger partial charge in [-0.3, -0.25) is 14.4 Å². The molecule has 3 heterocycles. The highest BCUT2D eigenvalue weighted by Crippen LogP contribution is 2.28. The summed E-state index contributed by atoms with van der Waals surface area (Å²) >= 11 is 0. The zero-order valence-electron chi connectivity index (χ0n) is 17.1. The third-order valence-corrected chi connectivity index (χ3v) is 5.83. The number of para-hydroxylation sites is 2. The number of amides is 1. The smallest absolute Gasteiger partial charge is 0.238 e. The van der Waals surface area contributed by atoms with Gasteiger partial charge in [0.1, 0.15) is 5.82 Å². The lowest BCUT2D eigenvalue weighted by molar-refractivity contribution is -0.117. The standard InChI is InChI=1S/C21H28N6O/c1-14-20(15(2)26(4)24-14)23-19(28)13-27-11-7-8-16(12-27)21-22-17-9-5-6-10-18(17)25(21)3/h5-6,9-10,16H,7-8,11-13H2,1-4H3,(H,23,28)/t16-/m1/s1. The quantitative estimate of drug-likeness (QED) is 0.756. The van der Waals surface area contributed by atoms with E-state index in [4.69, 9.17) is 4.98 Å². The van der Waals surface area contributed by atoms with Crippen molar-refractivity contribution in [3.8, 4) is 0 Å². The van der Waals surface area contributed by atoms with Crippen molar-refractivity contribution >= 4 is 22.6 Å². The SMILES string of the molecule is Cc1nn(C)c(C)c1NC(=O)CN1CCC[C@@H](c2nc3ccccc3n2C)C1. The predicted octanol–water partition coefficient (Wildman–Crippen LogP) is 2.74. The van der Waals surface area contributed by atoms with E-state index in [0.29, 0.717) is 12.5 Å². The van der Waals surface area contributed by atoms with Crippen molar-refractivity contribution < 1.29 is 4.79 Å². The Morgan fingerprint density at radius 2 is 2.04 bits per heavy atom. The van der Waals surface area contributed by atoms with Crippen molar-refractivity contribution in [3.63, 3.8) is 0 Å². The summed E-state index contributed by atoms with van der Waals surface area (Å²) in [4.78, 5) is 19.7. The monoisotopic (exact) mass is 380 g/mol. The molecule has 28 heavy (non-hydrogen) atoms. The van der Waals surface area contributed by atoms with Crippen LogP contribution in [0.4, 0.5) is 5.69 Å². The van der Waals surface area contributed by atoms with Gasteiger partial charge in [-0.1, -0.05) is 12.1 Å². The number of likely N-dealkylation sites (tertiary alicyclic amines) is 1. The van der Waals surface area contributed by atoms with Crippen molar-refractivity contribution in [1.82, 2.24) is 24.2 Å². The molecule has 1 aliphatic heterocycles. The predicted molar refractivity (Wildman–Crippen MR) is 110 cm³/mol. The number of anilines is 1. The van der Waals surface area contributed by atoms with Gasteiger partial charge in [0.25, 0.3) is 0 Å². The first-order chi connectivity index (χ1) is 13.4. The molecule has 1 amide bonds. The van der Waals surface area contributed by atoms with Gasteiger partial charge >= 0.3 is 0 Å².